The van der Waals surface area contributed by atoms with E-state index < -0.39 is 0 Å². The zero-order chi connectivity index (χ0) is 10.8. The second-order valence-electron chi connectivity index (χ2n) is 4.71. The van der Waals surface area contributed by atoms with E-state index in [9.17, 15) is 0 Å². The van der Waals surface area contributed by atoms with Gasteiger partial charge in [0.05, 0.1) is 0 Å². The van der Waals surface area contributed by atoms with Crippen molar-refractivity contribution < 1.29 is 0 Å². The molecule has 1 aliphatic rings. The molecule has 0 amide bonds. The Bertz CT molecular complexity index is 335. The summed E-state index contributed by atoms with van der Waals surface area (Å²) in [5, 5.41) is 3.47. The quantitative estimate of drug-likeness (QED) is 0.732. The highest BCUT2D eigenvalue weighted by molar-refractivity contribution is 5.27. The van der Waals surface area contributed by atoms with Gasteiger partial charge in [0.15, 0.2) is 0 Å². The molecule has 0 radical (unpaired) electrons. The minimum atomic E-state index is 0.298. The number of aryl methyl sites for hydroxylation is 1. The lowest BCUT2D eigenvalue weighted by Crippen LogP contribution is -2.48. The third-order valence-electron chi connectivity index (χ3n) is 3.33. The first-order valence-corrected chi connectivity index (χ1v) is 5.72. The molecule has 1 fully saturated rings. The van der Waals surface area contributed by atoms with Gasteiger partial charge in [-0.25, -0.2) is 0 Å². The molecule has 0 saturated carbocycles. The zero-order valence-electron chi connectivity index (χ0n) is 9.53. The molecule has 1 saturated heterocycles. The maximum atomic E-state index is 6.00. The van der Waals surface area contributed by atoms with Crippen LogP contribution in [0.2, 0.25) is 0 Å². The minimum Gasteiger partial charge on any atom is -0.327 e. The highest BCUT2D eigenvalue weighted by Gasteiger charge is 2.26. The molecule has 3 atom stereocenters. The van der Waals surface area contributed by atoms with Crippen LogP contribution in [0.15, 0.2) is 24.3 Å². The van der Waals surface area contributed by atoms with Crippen LogP contribution >= 0.6 is 0 Å². The highest BCUT2D eigenvalue weighted by atomic mass is 15.0. The lowest BCUT2D eigenvalue weighted by Gasteiger charge is -2.34. The SMILES string of the molecule is Cc1cccc(C2CC(N)CNC2C)c1. The topological polar surface area (TPSA) is 38.0 Å². The molecule has 2 nitrogen and oxygen atoms in total. The van der Waals surface area contributed by atoms with Gasteiger partial charge in [-0.15, -0.1) is 0 Å². The van der Waals surface area contributed by atoms with E-state index in [1.54, 1.807) is 0 Å². The Labute approximate surface area is 91.9 Å². The van der Waals surface area contributed by atoms with Gasteiger partial charge in [0.1, 0.15) is 0 Å². The van der Waals surface area contributed by atoms with Crippen LogP contribution in [-0.2, 0) is 0 Å². The smallest absolute Gasteiger partial charge is 0.0171 e. The van der Waals surface area contributed by atoms with Crippen LogP contribution in [0.5, 0.6) is 0 Å². The standard InChI is InChI=1S/C13H20N2/c1-9-4-3-5-11(6-9)13-7-12(14)8-15-10(13)2/h3-6,10,12-13,15H,7-8,14H2,1-2H3. The first-order chi connectivity index (χ1) is 7.16. The average molecular weight is 204 g/mol. The normalized spacial score (nSPS) is 31.5. The summed E-state index contributed by atoms with van der Waals surface area (Å²) >= 11 is 0. The van der Waals surface area contributed by atoms with Crippen molar-refractivity contribution in [2.24, 2.45) is 5.73 Å². The van der Waals surface area contributed by atoms with Gasteiger partial charge in [-0.3, -0.25) is 0 Å². The van der Waals surface area contributed by atoms with Crippen LogP contribution in [-0.4, -0.2) is 18.6 Å². The molecule has 0 spiro atoms. The van der Waals surface area contributed by atoms with E-state index in [2.05, 4.69) is 43.4 Å². The van der Waals surface area contributed by atoms with Crippen LogP contribution in [0.3, 0.4) is 0 Å². The zero-order valence-corrected chi connectivity index (χ0v) is 9.53. The van der Waals surface area contributed by atoms with E-state index in [-0.39, 0.29) is 0 Å². The summed E-state index contributed by atoms with van der Waals surface area (Å²) in [7, 11) is 0. The maximum Gasteiger partial charge on any atom is 0.0171 e. The number of hydrogen-bond acceptors (Lipinski definition) is 2. The van der Waals surface area contributed by atoms with E-state index in [0.29, 0.717) is 18.0 Å². The van der Waals surface area contributed by atoms with Gasteiger partial charge in [0.2, 0.25) is 0 Å². The van der Waals surface area contributed by atoms with Crippen LogP contribution < -0.4 is 11.1 Å². The molecule has 15 heavy (non-hydrogen) atoms. The molecule has 2 heteroatoms. The Balaban J connectivity index is 2.21. The first kappa shape index (κ1) is 10.7. The summed E-state index contributed by atoms with van der Waals surface area (Å²) in [5.41, 5.74) is 8.75. The van der Waals surface area contributed by atoms with Crippen molar-refractivity contribution in [2.45, 2.75) is 38.3 Å². The van der Waals surface area contributed by atoms with Crippen molar-refractivity contribution in [3.05, 3.63) is 35.4 Å². The Morgan fingerprint density at radius 3 is 2.93 bits per heavy atom. The van der Waals surface area contributed by atoms with Crippen molar-refractivity contribution in [3.8, 4) is 0 Å². The third-order valence-corrected chi connectivity index (χ3v) is 3.33. The minimum absolute atomic E-state index is 0.298. The van der Waals surface area contributed by atoms with E-state index in [0.717, 1.165) is 13.0 Å². The fourth-order valence-electron chi connectivity index (χ4n) is 2.42. The summed E-state index contributed by atoms with van der Waals surface area (Å²) in [5.74, 6) is 0.564. The Morgan fingerprint density at radius 1 is 1.40 bits per heavy atom. The molecule has 1 aromatic rings. The van der Waals surface area contributed by atoms with Crippen molar-refractivity contribution in [3.63, 3.8) is 0 Å². The predicted octanol–water partition coefficient (Wildman–Crippen LogP) is 1.79. The van der Waals surface area contributed by atoms with Gasteiger partial charge in [0.25, 0.3) is 0 Å². The molecule has 0 aliphatic carbocycles. The van der Waals surface area contributed by atoms with E-state index in [1.807, 2.05) is 0 Å². The maximum absolute atomic E-state index is 6.00. The van der Waals surface area contributed by atoms with Crippen molar-refractivity contribution in [1.29, 1.82) is 0 Å². The Hall–Kier alpha value is -0.860. The number of benzene rings is 1. The van der Waals surface area contributed by atoms with E-state index in [4.69, 9.17) is 5.73 Å². The van der Waals surface area contributed by atoms with Gasteiger partial charge < -0.3 is 11.1 Å². The molecule has 3 N–H and O–H groups in total. The van der Waals surface area contributed by atoms with Gasteiger partial charge in [0, 0.05) is 24.5 Å². The van der Waals surface area contributed by atoms with Crippen LogP contribution in [0.1, 0.15) is 30.4 Å². The monoisotopic (exact) mass is 204 g/mol. The lowest BCUT2D eigenvalue weighted by molar-refractivity contribution is 0.337. The van der Waals surface area contributed by atoms with Crippen molar-refractivity contribution >= 4 is 0 Å². The lowest BCUT2D eigenvalue weighted by atomic mass is 9.83. The molecule has 1 aliphatic heterocycles. The largest absolute Gasteiger partial charge is 0.327 e. The Kier molecular flexibility index (Phi) is 3.08. The predicted molar refractivity (Wildman–Crippen MR) is 64.0 cm³/mol. The van der Waals surface area contributed by atoms with Crippen molar-refractivity contribution in [1.82, 2.24) is 5.32 Å². The number of nitrogens with two attached hydrogens (primary N) is 1. The number of rotatable bonds is 1. The third kappa shape index (κ3) is 2.39. The molecular weight excluding hydrogens is 184 g/mol. The average Bonchev–Trinajstić information content (AvgIpc) is 2.22. The second kappa shape index (κ2) is 4.33. The fraction of sp³-hybridized carbons (Fsp3) is 0.538. The summed E-state index contributed by atoms with van der Waals surface area (Å²) in [4.78, 5) is 0. The van der Waals surface area contributed by atoms with Crippen molar-refractivity contribution in [2.75, 3.05) is 6.54 Å². The number of piperidine rings is 1. The van der Waals surface area contributed by atoms with Crippen LogP contribution in [0.4, 0.5) is 0 Å². The summed E-state index contributed by atoms with van der Waals surface area (Å²) in [6, 6.07) is 9.61. The molecule has 3 unspecified atom stereocenters. The molecule has 0 bridgehead atoms. The first-order valence-electron chi connectivity index (χ1n) is 5.72. The van der Waals surface area contributed by atoms with Gasteiger partial charge in [-0.2, -0.15) is 0 Å². The van der Waals surface area contributed by atoms with Crippen LogP contribution in [0.25, 0.3) is 0 Å². The molecule has 0 aromatic heterocycles. The molecular formula is C13H20N2. The molecule has 2 rings (SSSR count). The second-order valence-corrected chi connectivity index (χ2v) is 4.71. The highest BCUT2D eigenvalue weighted by Crippen LogP contribution is 2.27. The van der Waals surface area contributed by atoms with Crippen LogP contribution in [0, 0.1) is 6.92 Å². The number of nitrogens with one attached hydrogen (secondary N) is 1. The molecule has 1 heterocycles. The summed E-state index contributed by atoms with van der Waals surface area (Å²) in [6.07, 6.45) is 1.09. The summed E-state index contributed by atoms with van der Waals surface area (Å²) in [6.45, 7) is 5.34. The Morgan fingerprint density at radius 2 is 2.20 bits per heavy atom. The van der Waals surface area contributed by atoms with Gasteiger partial charge >= 0.3 is 0 Å². The van der Waals surface area contributed by atoms with Gasteiger partial charge in [-0.1, -0.05) is 29.8 Å². The fourth-order valence-corrected chi connectivity index (χ4v) is 2.42. The van der Waals surface area contributed by atoms with E-state index in [1.165, 1.54) is 11.1 Å². The van der Waals surface area contributed by atoms with Gasteiger partial charge in [-0.05, 0) is 25.8 Å². The summed E-state index contributed by atoms with van der Waals surface area (Å²) < 4.78 is 0. The molecule has 82 valence electrons. The molecule has 1 aromatic carbocycles. The van der Waals surface area contributed by atoms with E-state index >= 15 is 0 Å². The number of hydrogen-bond donors (Lipinski definition) is 2.